The number of aryl methyl sites for hydroxylation is 1. The molecule has 0 aliphatic carbocycles. The topological polar surface area (TPSA) is 24.9 Å². The van der Waals surface area contributed by atoms with Crippen LogP contribution in [0.4, 0.5) is 8.78 Å². The lowest BCUT2D eigenvalue weighted by Crippen LogP contribution is -2.21. The lowest BCUT2D eigenvalue weighted by Gasteiger charge is -2.19. The van der Waals surface area contributed by atoms with Crippen LogP contribution >= 0.6 is 0 Å². The van der Waals surface area contributed by atoms with Gasteiger partial charge in [-0.3, -0.25) is 4.98 Å². The molecule has 1 heterocycles. The van der Waals surface area contributed by atoms with Crippen LogP contribution in [0.2, 0.25) is 0 Å². The Kier molecular flexibility index (Phi) is 3.67. The van der Waals surface area contributed by atoms with Crippen molar-refractivity contribution in [1.82, 2.24) is 10.3 Å². The molecule has 0 bridgehead atoms. The number of aromatic nitrogens is 1. The van der Waals surface area contributed by atoms with Crippen molar-refractivity contribution < 1.29 is 8.78 Å². The molecular weight excluding hydrogens is 234 g/mol. The van der Waals surface area contributed by atoms with Crippen LogP contribution in [0.25, 0.3) is 0 Å². The Labute approximate surface area is 105 Å². The monoisotopic (exact) mass is 248 g/mol. The summed E-state index contributed by atoms with van der Waals surface area (Å²) in [5, 5.41) is 2.94. The third-order valence-electron chi connectivity index (χ3n) is 2.97. The molecule has 1 atom stereocenters. The highest BCUT2D eigenvalue weighted by molar-refractivity contribution is 5.36. The van der Waals surface area contributed by atoms with Crippen LogP contribution in [0.1, 0.15) is 22.7 Å². The Morgan fingerprint density at radius 3 is 2.39 bits per heavy atom. The average molecular weight is 248 g/mol. The number of pyridine rings is 1. The molecule has 1 aromatic carbocycles. The van der Waals surface area contributed by atoms with Crippen molar-refractivity contribution in [3.8, 4) is 0 Å². The van der Waals surface area contributed by atoms with Crippen molar-refractivity contribution in [2.24, 2.45) is 0 Å². The molecule has 0 saturated carbocycles. The maximum atomic E-state index is 13.8. The number of rotatable bonds is 3. The second-order valence-electron chi connectivity index (χ2n) is 4.09. The molecule has 2 rings (SSSR count). The summed E-state index contributed by atoms with van der Waals surface area (Å²) in [6, 6.07) is 5.15. The first-order valence-corrected chi connectivity index (χ1v) is 5.67. The molecule has 18 heavy (non-hydrogen) atoms. The Morgan fingerprint density at radius 2 is 1.83 bits per heavy atom. The van der Waals surface area contributed by atoms with Crippen LogP contribution in [-0.4, -0.2) is 12.0 Å². The van der Waals surface area contributed by atoms with Crippen molar-refractivity contribution in [3.63, 3.8) is 0 Å². The van der Waals surface area contributed by atoms with Crippen molar-refractivity contribution in [1.29, 1.82) is 0 Å². The largest absolute Gasteiger partial charge is 0.309 e. The maximum Gasteiger partial charge on any atom is 0.131 e. The summed E-state index contributed by atoms with van der Waals surface area (Å²) in [5.74, 6) is -1.12. The summed E-state index contributed by atoms with van der Waals surface area (Å²) in [7, 11) is 1.67. The number of nitrogens with one attached hydrogen (secondary N) is 1. The van der Waals surface area contributed by atoms with E-state index < -0.39 is 17.7 Å². The number of nitrogens with zero attached hydrogens (tertiary/aromatic N) is 1. The van der Waals surface area contributed by atoms with E-state index in [1.54, 1.807) is 19.4 Å². The lowest BCUT2D eigenvalue weighted by atomic mass is 9.96. The number of hydrogen-bond donors (Lipinski definition) is 1. The molecule has 94 valence electrons. The molecule has 0 saturated heterocycles. The van der Waals surface area contributed by atoms with Crippen LogP contribution in [0, 0.1) is 18.6 Å². The first-order valence-electron chi connectivity index (χ1n) is 5.67. The Balaban J connectivity index is 2.56. The second-order valence-corrected chi connectivity index (χ2v) is 4.09. The van der Waals surface area contributed by atoms with E-state index in [0.29, 0.717) is 0 Å². The van der Waals surface area contributed by atoms with Gasteiger partial charge in [-0.1, -0.05) is 6.07 Å². The van der Waals surface area contributed by atoms with Crippen LogP contribution in [0.5, 0.6) is 0 Å². The third-order valence-corrected chi connectivity index (χ3v) is 2.97. The minimum absolute atomic E-state index is 0.0242. The molecule has 0 spiro atoms. The van der Waals surface area contributed by atoms with Gasteiger partial charge >= 0.3 is 0 Å². The predicted octanol–water partition coefficient (Wildman–Crippen LogP) is 2.98. The van der Waals surface area contributed by atoms with E-state index in [0.717, 1.165) is 11.1 Å². The summed E-state index contributed by atoms with van der Waals surface area (Å²) in [6.07, 6.45) is 3.28. The van der Waals surface area contributed by atoms with E-state index in [2.05, 4.69) is 10.3 Å². The highest BCUT2D eigenvalue weighted by atomic mass is 19.1. The number of hydrogen-bond acceptors (Lipinski definition) is 2. The van der Waals surface area contributed by atoms with Crippen LogP contribution in [0.3, 0.4) is 0 Å². The van der Waals surface area contributed by atoms with Crippen molar-refractivity contribution in [2.75, 3.05) is 7.05 Å². The Morgan fingerprint density at radius 1 is 1.17 bits per heavy atom. The summed E-state index contributed by atoms with van der Waals surface area (Å²) >= 11 is 0. The highest BCUT2D eigenvalue weighted by Crippen LogP contribution is 2.27. The van der Waals surface area contributed by atoms with Gasteiger partial charge in [-0.05, 0) is 43.3 Å². The zero-order chi connectivity index (χ0) is 13.1. The van der Waals surface area contributed by atoms with Gasteiger partial charge in [-0.2, -0.15) is 0 Å². The molecule has 0 aliphatic heterocycles. The molecule has 4 heteroatoms. The van der Waals surface area contributed by atoms with Crippen LogP contribution < -0.4 is 5.32 Å². The van der Waals surface area contributed by atoms with Crippen molar-refractivity contribution in [2.45, 2.75) is 13.0 Å². The smallest absolute Gasteiger partial charge is 0.131 e. The van der Waals surface area contributed by atoms with E-state index in [4.69, 9.17) is 0 Å². The summed E-state index contributed by atoms with van der Waals surface area (Å²) in [4.78, 5) is 4.01. The fraction of sp³-hybridized carbons (Fsp3) is 0.214. The van der Waals surface area contributed by atoms with Gasteiger partial charge in [0.25, 0.3) is 0 Å². The van der Waals surface area contributed by atoms with Gasteiger partial charge in [0.1, 0.15) is 11.6 Å². The molecule has 1 unspecified atom stereocenters. The van der Waals surface area contributed by atoms with E-state index in [1.807, 2.05) is 13.0 Å². The summed E-state index contributed by atoms with van der Waals surface area (Å²) in [6.45, 7) is 1.89. The number of benzene rings is 1. The van der Waals surface area contributed by atoms with E-state index in [9.17, 15) is 8.78 Å². The quantitative estimate of drug-likeness (QED) is 0.903. The molecule has 1 aromatic heterocycles. The maximum absolute atomic E-state index is 13.8. The van der Waals surface area contributed by atoms with E-state index >= 15 is 0 Å². The van der Waals surface area contributed by atoms with Gasteiger partial charge in [0.05, 0.1) is 6.04 Å². The van der Waals surface area contributed by atoms with Gasteiger partial charge in [-0.25, -0.2) is 8.78 Å². The minimum Gasteiger partial charge on any atom is -0.309 e. The standard InChI is InChI=1S/C14H14F2N2/c1-9-6-7-18-8-10(9)14(17-2)13-11(15)4-3-5-12(13)16/h3-8,14,17H,1-2H3. The first-order chi connectivity index (χ1) is 8.65. The SMILES string of the molecule is CNC(c1cnccc1C)c1c(F)cccc1F. The molecule has 0 radical (unpaired) electrons. The lowest BCUT2D eigenvalue weighted by molar-refractivity contribution is 0.521. The fourth-order valence-electron chi connectivity index (χ4n) is 2.02. The summed E-state index contributed by atoms with van der Waals surface area (Å²) in [5.41, 5.74) is 1.73. The van der Waals surface area contributed by atoms with E-state index in [-0.39, 0.29) is 5.56 Å². The van der Waals surface area contributed by atoms with Gasteiger partial charge in [-0.15, -0.1) is 0 Å². The number of halogens is 2. The molecule has 0 amide bonds. The molecular formula is C14H14F2N2. The third kappa shape index (κ3) is 2.24. The van der Waals surface area contributed by atoms with Gasteiger partial charge in [0, 0.05) is 18.0 Å². The average Bonchev–Trinajstić information content (AvgIpc) is 2.35. The fourth-order valence-corrected chi connectivity index (χ4v) is 2.02. The second kappa shape index (κ2) is 5.23. The van der Waals surface area contributed by atoms with Crippen molar-refractivity contribution >= 4 is 0 Å². The Bertz CT molecular complexity index is 535. The predicted molar refractivity (Wildman–Crippen MR) is 66.2 cm³/mol. The molecule has 2 nitrogen and oxygen atoms in total. The van der Waals surface area contributed by atoms with Crippen LogP contribution in [0.15, 0.2) is 36.7 Å². The van der Waals surface area contributed by atoms with Crippen LogP contribution in [-0.2, 0) is 0 Å². The van der Waals surface area contributed by atoms with E-state index in [1.165, 1.54) is 18.2 Å². The van der Waals surface area contributed by atoms with Gasteiger partial charge < -0.3 is 5.32 Å². The van der Waals surface area contributed by atoms with Crippen molar-refractivity contribution in [3.05, 3.63) is 65.0 Å². The minimum atomic E-state index is -0.558. The molecule has 0 aliphatic rings. The van der Waals surface area contributed by atoms with Gasteiger partial charge in [0.2, 0.25) is 0 Å². The zero-order valence-electron chi connectivity index (χ0n) is 10.2. The molecule has 2 aromatic rings. The Hall–Kier alpha value is -1.81. The van der Waals surface area contributed by atoms with Gasteiger partial charge in [0.15, 0.2) is 0 Å². The first kappa shape index (κ1) is 12.6. The normalized spacial score (nSPS) is 12.4. The molecule has 0 fully saturated rings. The summed E-state index contributed by atoms with van der Waals surface area (Å²) < 4.78 is 27.6. The molecule has 1 N–H and O–H groups in total. The highest BCUT2D eigenvalue weighted by Gasteiger charge is 2.21. The zero-order valence-corrected chi connectivity index (χ0v) is 10.2.